The summed E-state index contributed by atoms with van der Waals surface area (Å²) in [6, 6.07) is 11.7. The lowest BCUT2D eigenvalue weighted by Gasteiger charge is -2.06. The van der Waals surface area contributed by atoms with Crippen molar-refractivity contribution in [3.05, 3.63) is 61.7 Å². The number of rotatable bonds is 7. The van der Waals surface area contributed by atoms with E-state index in [1.165, 1.54) is 22.7 Å². The average molecular weight is 438 g/mol. The first kappa shape index (κ1) is 18.1. The van der Waals surface area contributed by atoms with Gasteiger partial charge in [0.05, 0.1) is 10.6 Å². The van der Waals surface area contributed by atoms with Gasteiger partial charge in [-0.1, -0.05) is 12.1 Å². The molecule has 3 aromatic rings. The van der Waals surface area contributed by atoms with E-state index >= 15 is 0 Å². The number of amides is 1. The molecule has 0 spiro atoms. The van der Waals surface area contributed by atoms with Gasteiger partial charge in [0.2, 0.25) is 0 Å². The molecule has 3 rings (SSSR count). The molecule has 25 heavy (non-hydrogen) atoms. The van der Waals surface area contributed by atoms with Crippen LogP contribution in [0.3, 0.4) is 0 Å². The Hall–Kier alpha value is -1.74. The molecule has 2 heterocycles. The van der Waals surface area contributed by atoms with Crippen molar-refractivity contribution in [2.24, 2.45) is 0 Å². The Morgan fingerprint density at radius 2 is 2.08 bits per heavy atom. The second kappa shape index (κ2) is 8.57. The molecule has 1 amide bonds. The van der Waals surface area contributed by atoms with E-state index in [1.54, 1.807) is 0 Å². The molecule has 0 fully saturated rings. The molecule has 0 aliphatic rings. The molecule has 5 nitrogen and oxygen atoms in total. The molecule has 130 valence electrons. The van der Waals surface area contributed by atoms with Gasteiger partial charge in [0.1, 0.15) is 0 Å². The Morgan fingerprint density at radius 3 is 2.88 bits per heavy atom. The number of halogens is 1. The molecule has 0 bridgehead atoms. The second-order valence-corrected chi connectivity index (χ2v) is 8.05. The number of anilines is 2. The van der Waals surface area contributed by atoms with Crippen LogP contribution in [0.2, 0.25) is 0 Å². The van der Waals surface area contributed by atoms with Gasteiger partial charge in [0, 0.05) is 40.0 Å². The maximum Gasteiger partial charge on any atom is 0.267 e. The van der Waals surface area contributed by atoms with E-state index in [4.69, 9.17) is 5.11 Å². The number of hydrogen-bond acceptors (Lipinski definition) is 6. The Kier molecular flexibility index (Phi) is 6.19. The molecule has 0 saturated heterocycles. The van der Waals surface area contributed by atoms with Crippen molar-refractivity contribution in [3.8, 4) is 0 Å². The maximum atomic E-state index is 12.3. The van der Waals surface area contributed by atoms with Crippen molar-refractivity contribution >= 4 is 55.3 Å². The number of carbonyl (C=O) groups excluding carboxylic acids is 1. The van der Waals surface area contributed by atoms with Gasteiger partial charge in [-0.15, -0.1) is 22.7 Å². The zero-order valence-electron chi connectivity index (χ0n) is 13.2. The zero-order valence-corrected chi connectivity index (χ0v) is 16.4. The van der Waals surface area contributed by atoms with E-state index in [1.807, 2.05) is 41.8 Å². The summed E-state index contributed by atoms with van der Waals surface area (Å²) >= 11 is 6.31. The molecular formula is C17H16BrN3O2S2. The number of thiophene rings is 1. The van der Waals surface area contributed by atoms with E-state index in [0.29, 0.717) is 23.0 Å². The average Bonchev–Trinajstić information content (AvgIpc) is 3.24. The number of hydrogen-bond donors (Lipinski definition) is 3. The first-order valence-corrected chi connectivity index (χ1v) is 10.1. The van der Waals surface area contributed by atoms with Gasteiger partial charge in [-0.2, -0.15) is 0 Å². The molecule has 2 aromatic heterocycles. The fraction of sp³-hybridized carbons (Fsp3) is 0.176. The largest absolute Gasteiger partial charge is 0.396 e. The molecular weight excluding hydrogens is 422 g/mol. The number of aliphatic hydroxyl groups is 1. The van der Waals surface area contributed by atoms with Crippen molar-refractivity contribution < 1.29 is 9.90 Å². The summed E-state index contributed by atoms with van der Waals surface area (Å²) in [5.41, 5.74) is 1.80. The van der Waals surface area contributed by atoms with Crippen LogP contribution in [0.4, 0.5) is 10.8 Å². The summed E-state index contributed by atoms with van der Waals surface area (Å²) in [6.07, 6.45) is 0.496. The molecule has 1 aromatic carbocycles. The normalized spacial score (nSPS) is 10.6. The van der Waals surface area contributed by atoms with Crippen LogP contribution in [0.25, 0.3) is 0 Å². The Morgan fingerprint density at radius 1 is 1.24 bits per heavy atom. The van der Waals surface area contributed by atoms with Crippen molar-refractivity contribution in [3.63, 3.8) is 0 Å². The maximum absolute atomic E-state index is 12.3. The third-order valence-corrected chi connectivity index (χ3v) is 5.93. The summed E-state index contributed by atoms with van der Waals surface area (Å²) < 4.78 is 1.01. The standard InChI is InChI=1S/C17H16BrN3O2S2/c18-13-3-1-2-4-14(13)19-9-12-5-6-15(25-12)16(23)21-17-20-11(7-8-22)10-24-17/h1-6,10,19,22H,7-9H2,(H,20,21,23). The highest BCUT2D eigenvalue weighted by atomic mass is 79.9. The number of aromatic nitrogens is 1. The number of nitrogens with zero attached hydrogens (tertiary/aromatic N) is 1. The third kappa shape index (κ3) is 4.88. The van der Waals surface area contributed by atoms with E-state index in [0.717, 1.165) is 20.7 Å². The summed E-state index contributed by atoms with van der Waals surface area (Å²) in [5.74, 6) is -0.165. The molecule has 0 aliphatic carbocycles. The highest BCUT2D eigenvalue weighted by molar-refractivity contribution is 9.10. The summed E-state index contributed by atoms with van der Waals surface area (Å²) in [4.78, 5) is 18.3. The van der Waals surface area contributed by atoms with Gasteiger partial charge in [-0.25, -0.2) is 4.98 Å². The number of thiazole rings is 1. The molecule has 0 aliphatic heterocycles. The molecule has 0 saturated carbocycles. The lowest BCUT2D eigenvalue weighted by molar-refractivity contribution is 0.103. The van der Waals surface area contributed by atoms with Crippen LogP contribution in [0.15, 0.2) is 46.3 Å². The monoisotopic (exact) mass is 437 g/mol. The van der Waals surface area contributed by atoms with E-state index in [2.05, 4.69) is 31.5 Å². The molecule has 3 N–H and O–H groups in total. The van der Waals surface area contributed by atoms with E-state index in [-0.39, 0.29) is 12.5 Å². The van der Waals surface area contributed by atoms with Crippen molar-refractivity contribution in [1.29, 1.82) is 0 Å². The number of aliphatic hydroxyl groups excluding tert-OH is 1. The smallest absolute Gasteiger partial charge is 0.267 e. The van der Waals surface area contributed by atoms with Gasteiger partial charge >= 0.3 is 0 Å². The van der Waals surface area contributed by atoms with Crippen molar-refractivity contribution in [2.45, 2.75) is 13.0 Å². The fourth-order valence-electron chi connectivity index (χ4n) is 2.13. The van der Waals surface area contributed by atoms with Crippen LogP contribution in [-0.2, 0) is 13.0 Å². The van der Waals surface area contributed by atoms with Crippen LogP contribution in [-0.4, -0.2) is 22.6 Å². The van der Waals surface area contributed by atoms with Crippen LogP contribution >= 0.6 is 38.6 Å². The van der Waals surface area contributed by atoms with Crippen LogP contribution in [0.1, 0.15) is 20.2 Å². The quantitative estimate of drug-likeness (QED) is 0.512. The predicted molar refractivity (Wildman–Crippen MR) is 107 cm³/mol. The van der Waals surface area contributed by atoms with Crippen molar-refractivity contribution in [2.75, 3.05) is 17.2 Å². The summed E-state index contributed by atoms with van der Waals surface area (Å²) in [5, 5.41) is 17.5. The molecule has 0 radical (unpaired) electrons. The number of nitrogens with one attached hydrogen (secondary N) is 2. The SMILES string of the molecule is O=C(Nc1nc(CCO)cs1)c1ccc(CNc2ccccc2Br)s1. The van der Waals surface area contributed by atoms with Crippen LogP contribution in [0.5, 0.6) is 0 Å². The highest BCUT2D eigenvalue weighted by Crippen LogP contribution is 2.24. The van der Waals surface area contributed by atoms with Gasteiger partial charge in [-0.3, -0.25) is 10.1 Å². The van der Waals surface area contributed by atoms with Gasteiger partial charge in [0.15, 0.2) is 5.13 Å². The van der Waals surface area contributed by atoms with Crippen LogP contribution < -0.4 is 10.6 Å². The second-order valence-electron chi connectivity index (χ2n) is 5.17. The van der Waals surface area contributed by atoms with E-state index in [9.17, 15) is 4.79 Å². The number of benzene rings is 1. The minimum Gasteiger partial charge on any atom is -0.396 e. The Bertz CT molecular complexity index is 863. The van der Waals surface area contributed by atoms with Crippen molar-refractivity contribution in [1.82, 2.24) is 4.98 Å². The Balaban J connectivity index is 1.58. The summed E-state index contributed by atoms with van der Waals surface area (Å²) in [7, 11) is 0. The Labute approximate surface area is 161 Å². The first-order chi connectivity index (χ1) is 12.2. The van der Waals surface area contributed by atoms with Gasteiger partial charge in [0.25, 0.3) is 5.91 Å². The molecule has 0 unspecified atom stereocenters. The number of carbonyl (C=O) groups is 1. The lowest BCUT2D eigenvalue weighted by atomic mass is 10.3. The molecule has 0 atom stereocenters. The third-order valence-electron chi connectivity index (χ3n) is 3.35. The topological polar surface area (TPSA) is 74.2 Å². The zero-order chi connectivity index (χ0) is 17.6. The first-order valence-electron chi connectivity index (χ1n) is 7.59. The minimum atomic E-state index is -0.165. The number of para-hydroxylation sites is 1. The minimum absolute atomic E-state index is 0.0515. The lowest BCUT2D eigenvalue weighted by Crippen LogP contribution is -2.10. The fourth-order valence-corrected chi connectivity index (χ4v) is 4.14. The molecule has 8 heteroatoms. The van der Waals surface area contributed by atoms with Gasteiger partial charge < -0.3 is 10.4 Å². The summed E-state index contributed by atoms with van der Waals surface area (Å²) in [6.45, 7) is 0.703. The van der Waals surface area contributed by atoms with Gasteiger partial charge in [-0.05, 0) is 40.2 Å². The predicted octanol–water partition coefficient (Wildman–Crippen LogP) is 4.37. The van der Waals surface area contributed by atoms with Crippen LogP contribution in [0, 0.1) is 0 Å². The van der Waals surface area contributed by atoms with E-state index < -0.39 is 0 Å². The highest BCUT2D eigenvalue weighted by Gasteiger charge is 2.12.